The van der Waals surface area contributed by atoms with Crippen molar-refractivity contribution in [1.29, 1.82) is 0 Å². The summed E-state index contributed by atoms with van der Waals surface area (Å²) < 4.78 is 26.1. The maximum absolute atomic E-state index is 12.7. The third-order valence-corrected chi connectivity index (χ3v) is 5.90. The van der Waals surface area contributed by atoms with E-state index in [-0.39, 0.29) is 17.0 Å². The normalized spacial score (nSPS) is 12.7. The van der Waals surface area contributed by atoms with Crippen LogP contribution in [0.2, 0.25) is 5.02 Å². The van der Waals surface area contributed by atoms with Crippen molar-refractivity contribution in [3.8, 4) is 0 Å². The number of hydrogen-bond donors (Lipinski definition) is 1. The zero-order valence-electron chi connectivity index (χ0n) is 13.6. The number of halogens is 1. The lowest BCUT2D eigenvalue weighted by atomic mass is 10.1. The molecule has 26 heavy (non-hydrogen) atoms. The number of nitrogens with zero attached hydrogens (tertiary/aromatic N) is 2. The van der Waals surface area contributed by atoms with Gasteiger partial charge < -0.3 is 5.11 Å². The number of carbonyl (C=O) groups is 1. The van der Waals surface area contributed by atoms with Crippen molar-refractivity contribution in [2.75, 3.05) is 7.05 Å². The summed E-state index contributed by atoms with van der Waals surface area (Å²) in [7, 11) is -2.93. The molecule has 0 radical (unpaired) electrons. The number of benzene rings is 2. The first kappa shape index (κ1) is 19.8. The van der Waals surface area contributed by atoms with E-state index in [1.54, 1.807) is 0 Å². The van der Waals surface area contributed by atoms with Crippen LogP contribution in [0.1, 0.15) is 5.56 Å². The number of nitro benzene ring substituents is 1. The highest BCUT2D eigenvalue weighted by molar-refractivity contribution is 7.89. The molecule has 10 heteroatoms. The Labute approximate surface area is 154 Å². The maximum Gasteiger partial charge on any atom is 0.322 e. The first-order valence-electron chi connectivity index (χ1n) is 7.32. The van der Waals surface area contributed by atoms with Gasteiger partial charge >= 0.3 is 5.97 Å². The number of nitro groups is 1. The number of sulfonamides is 1. The Morgan fingerprint density at radius 3 is 2.42 bits per heavy atom. The van der Waals surface area contributed by atoms with Gasteiger partial charge in [0.2, 0.25) is 10.0 Å². The Balaban J connectivity index is 2.34. The summed E-state index contributed by atoms with van der Waals surface area (Å²) >= 11 is 5.74. The van der Waals surface area contributed by atoms with Gasteiger partial charge in [-0.3, -0.25) is 14.9 Å². The molecule has 8 nitrogen and oxygen atoms in total. The number of hydrogen-bond acceptors (Lipinski definition) is 5. The van der Waals surface area contributed by atoms with Gasteiger partial charge in [0.05, 0.1) is 9.82 Å². The van der Waals surface area contributed by atoms with Gasteiger partial charge in [-0.15, -0.1) is 0 Å². The first-order valence-corrected chi connectivity index (χ1v) is 9.14. The van der Waals surface area contributed by atoms with E-state index < -0.39 is 27.0 Å². The van der Waals surface area contributed by atoms with E-state index in [0.717, 1.165) is 11.4 Å². The third-order valence-electron chi connectivity index (χ3n) is 3.77. The minimum Gasteiger partial charge on any atom is -0.480 e. The minimum atomic E-state index is -4.09. The van der Waals surface area contributed by atoms with E-state index in [1.807, 2.05) is 0 Å². The Kier molecular flexibility index (Phi) is 5.96. The second-order valence-electron chi connectivity index (χ2n) is 5.46. The molecular formula is C16H15ClN2O6S. The van der Waals surface area contributed by atoms with Crippen molar-refractivity contribution in [2.45, 2.75) is 17.4 Å². The van der Waals surface area contributed by atoms with Crippen LogP contribution in [0.15, 0.2) is 53.4 Å². The molecule has 0 aliphatic rings. The fourth-order valence-electron chi connectivity index (χ4n) is 2.33. The fourth-order valence-corrected chi connectivity index (χ4v) is 3.77. The number of carboxylic acids is 1. The Morgan fingerprint density at radius 2 is 1.88 bits per heavy atom. The second kappa shape index (κ2) is 7.81. The molecule has 0 amide bonds. The van der Waals surface area contributed by atoms with Crippen LogP contribution in [0.3, 0.4) is 0 Å². The summed E-state index contributed by atoms with van der Waals surface area (Å²) in [5.41, 5.74) is 0.139. The van der Waals surface area contributed by atoms with Crippen molar-refractivity contribution in [2.24, 2.45) is 0 Å². The van der Waals surface area contributed by atoms with Gasteiger partial charge in [0.15, 0.2) is 0 Å². The predicted octanol–water partition coefficient (Wildman–Crippen LogP) is 2.56. The molecule has 1 atom stereocenters. The third kappa shape index (κ3) is 4.37. The average Bonchev–Trinajstić information content (AvgIpc) is 2.59. The molecule has 2 aromatic carbocycles. The van der Waals surface area contributed by atoms with E-state index in [1.165, 1.54) is 48.5 Å². The van der Waals surface area contributed by atoms with Gasteiger partial charge in [-0.25, -0.2) is 8.42 Å². The second-order valence-corrected chi connectivity index (χ2v) is 7.89. The van der Waals surface area contributed by atoms with Crippen molar-refractivity contribution < 1.29 is 23.2 Å². The number of likely N-dealkylation sites (N-methyl/N-ethyl adjacent to an activating group) is 1. The molecule has 1 N–H and O–H groups in total. The number of carboxylic acid groups (broad SMARTS) is 1. The predicted molar refractivity (Wildman–Crippen MR) is 94.6 cm³/mol. The van der Waals surface area contributed by atoms with Gasteiger partial charge in [0.25, 0.3) is 5.69 Å². The smallest absolute Gasteiger partial charge is 0.322 e. The van der Waals surface area contributed by atoms with Crippen molar-refractivity contribution in [3.05, 3.63) is 69.2 Å². The minimum absolute atomic E-state index is 0.102. The van der Waals surface area contributed by atoms with Crippen molar-refractivity contribution >= 4 is 33.3 Å². The van der Waals surface area contributed by atoms with Gasteiger partial charge in [-0.2, -0.15) is 4.31 Å². The topological polar surface area (TPSA) is 118 Å². The molecule has 0 unspecified atom stereocenters. The molecule has 0 saturated heterocycles. The highest BCUT2D eigenvalue weighted by Gasteiger charge is 2.33. The molecule has 0 aliphatic heterocycles. The molecule has 138 valence electrons. The lowest BCUT2D eigenvalue weighted by Gasteiger charge is -2.24. The molecule has 0 aromatic heterocycles. The van der Waals surface area contributed by atoms with Crippen LogP contribution in [0, 0.1) is 10.1 Å². The van der Waals surface area contributed by atoms with Crippen molar-refractivity contribution in [3.63, 3.8) is 0 Å². The summed E-state index contributed by atoms with van der Waals surface area (Å²) in [6.07, 6.45) is -0.222. The fraction of sp³-hybridized carbons (Fsp3) is 0.188. The van der Waals surface area contributed by atoms with E-state index in [2.05, 4.69) is 0 Å². The summed E-state index contributed by atoms with van der Waals surface area (Å²) in [5, 5.41) is 20.7. The van der Waals surface area contributed by atoms with Gasteiger partial charge in [0, 0.05) is 24.2 Å². The number of aliphatic carboxylic acids is 1. The Hall–Kier alpha value is -2.49. The Morgan fingerprint density at radius 1 is 1.27 bits per heavy atom. The van der Waals surface area contributed by atoms with E-state index in [0.29, 0.717) is 10.6 Å². The van der Waals surface area contributed by atoms with Crippen LogP contribution in [-0.4, -0.2) is 41.8 Å². The van der Waals surface area contributed by atoms with Crippen LogP contribution in [0.5, 0.6) is 0 Å². The highest BCUT2D eigenvalue weighted by Crippen LogP contribution is 2.22. The van der Waals surface area contributed by atoms with Crippen LogP contribution in [0.4, 0.5) is 5.69 Å². The monoisotopic (exact) mass is 398 g/mol. The van der Waals surface area contributed by atoms with Crippen molar-refractivity contribution in [1.82, 2.24) is 4.31 Å². The Bertz CT molecular complexity index is 930. The lowest BCUT2D eigenvalue weighted by Crippen LogP contribution is -2.43. The van der Waals surface area contributed by atoms with Gasteiger partial charge in [0.1, 0.15) is 6.04 Å². The van der Waals surface area contributed by atoms with E-state index >= 15 is 0 Å². The standard InChI is InChI=1S/C16H15ClN2O6S/c1-18(26(24,25)14-7-5-12(17)6-8-14)15(16(20)21)10-11-3-2-4-13(9-11)19(22)23/h2-9,15H,10H2,1H3,(H,20,21)/t15-/m0/s1. The maximum atomic E-state index is 12.7. The lowest BCUT2D eigenvalue weighted by molar-refractivity contribution is -0.384. The molecule has 2 rings (SSSR count). The summed E-state index contributed by atoms with van der Waals surface area (Å²) in [5.74, 6) is -1.36. The number of rotatable bonds is 7. The van der Waals surface area contributed by atoms with Crippen LogP contribution in [0.25, 0.3) is 0 Å². The van der Waals surface area contributed by atoms with Crippen LogP contribution >= 0.6 is 11.6 Å². The average molecular weight is 399 g/mol. The zero-order chi connectivity index (χ0) is 19.5. The van der Waals surface area contributed by atoms with Crippen LogP contribution in [-0.2, 0) is 21.2 Å². The molecule has 0 spiro atoms. The largest absolute Gasteiger partial charge is 0.480 e. The molecule has 0 fully saturated rings. The summed E-state index contributed by atoms with van der Waals surface area (Å²) in [4.78, 5) is 21.8. The zero-order valence-corrected chi connectivity index (χ0v) is 15.1. The summed E-state index contributed by atoms with van der Waals surface area (Å²) in [6, 6.07) is 9.31. The quantitative estimate of drug-likeness (QED) is 0.565. The molecular weight excluding hydrogens is 384 g/mol. The molecule has 0 bridgehead atoms. The summed E-state index contributed by atoms with van der Waals surface area (Å²) in [6.45, 7) is 0. The molecule has 0 saturated carbocycles. The molecule has 2 aromatic rings. The highest BCUT2D eigenvalue weighted by atomic mass is 35.5. The van der Waals surface area contributed by atoms with Gasteiger partial charge in [-0.1, -0.05) is 23.7 Å². The first-order chi connectivity index (χ1) is 12.1. The van der Waals surface area contributed by atoms with Crippen LogP contribution < -0.4 is 0 Å². The molecule has 0 heterocycles. The molecule has 0 aliphatic carbocycles. The number of non-ortho nitro benzene ring substituents is 1. The SMILES string of the molecule is CN([C@@H](Cc1cccc([N+](=O)[O-])c1)C(=O)O)S(=O)(=O)c1ccc(Cl)cc1. The van der Waals surface area contributed by atoms with E-state index in [4.69, 9.17) is 11.6 Å². The van der Waals surface area contributed by atoms with E-state index in [9.17, 15) is 28.4 Å². The van der Waals surface area contributed by atoms with Gasteiger partial charge in [-0.05, 0) is 36.2 Å².